The standard InChI is InChI=1S/C20H19ClN2O3S/c21-16-8-3-4-9-17(16)22-18(24)10-13-27-12-5-11-23-19(25)14-6-1-2-7-15(14)20(23)26/h1-4,6-9H,5,10-13H2,(H,22,24). The van der Waals surface area contributed by atoms with Gasteiger partial charge in [0.2, 0.25) is 5.91 Å². The fourth-order valence-corrected chi connectivity index (χ4v) is 3.86. The number of thioether (sulfide) groups is 1. The fourth-order valence-electron chi connectivity index (χ4n) is 2.81. The molecule has 0 radical (unpaired) electrons. The number of para-hydroxylation sites is 1. The van der Waals surface area contributed by atoms with Crippen LogP contribution in [0.4, 0.5) is 5.69 Å². The van der Waals surface area contributed by atoms with Gasteiger partial charge in [0.25, 0.3) is 11.8 Å². The van der Waals surface area contributed by atoms with E-state index in [0.29, 0.717) is 47.0 Å². The van der Waals surface area contributed by atoms with Gasteiger partial charge < -0.3 is 5.32 Å². The summed E-state index contributed by atoms with van der Waals surface area (Å²) in [5, 5.41) is 3.30. The van der Waals surface area contributed by atoms with E-state index >= 15 is 0 Å². The second-order valence-corrected chi connectivity index (χ2v) is 7.68. The predicted octanol–water partition coefficient (Wildman–Crippen LogP) is 4.09. The van der Waals surface area contributed by atoms with Crippen molar-refractivity contribution in [3.8, 4) is 0 Å². The van der Waals surface area contributed by atoms with Crippen LogP contribution < -0.4 is 5.32 Å². The van der Waals surface area contributed by atoms with Crippen molar-refractivity contribution in [1.29, 1.82) is 0 Å². The van der Waals surface area contributed by atoms with E-state index in [4.69, 9.17) is 11.6 Å². The van der Waals surface area contributed by atoms with Crippen molar-refractivity contribution < 1.29 is 14.4 Å². The van der Waals surface area contributed by atoms with Crippen LogP contribution >= 0.6 is 23.4 Å². The third-order valence-corrected chi connectivity index (χ3v) is 5.57. The van der Waals surface area contributed by atoms with Gasteiger partial charge in [-0.05, 0) is 36.4 Å². The normalized spacial score (nSPS) is 13.0. The summed E-state index contributed by atoms with van der Waals surface area (Å²) in [6, 6.07) is 14.0. The molecule has 0 spiro atoms. The minimum Gasteiger partial charge on any atom is -0.325 e. The van der Waals surface area contributed by atoms with Crippen LogP contribution in [0.5, 0.6) is 0 Å². The lowest BCUT2D eigenvalue weighted by Crippen LogP contribution is -2.31. The molecule has 2 aromatic rings. The van der Waals surface area contributed by atoms with Crippen molar-refractivity contribution in [3.63, 3.8) is 0 Å². The van der Waals surface area contributed by atoms with Gasteiger partial charge in [-0.3, -0.25) is 19.3 Å². The minimum absolute atomic E-state index is 0.0871. The fraction of sp³-hybridized carbons (Fsp3) is 0.250. The molecule has 0 unspecified atom stereocenters. The maximum atomic E-state index is 12.3. The van der Waals surface area contributed by atoms with Gasteiger partial charge in [0, 0.05) is 18.7 Å². The van der Waals surface area contributed by atoms with Crippen LogP contribution in [-0.2, 0) is 4.79 Å². The molecule has 27 heavy (non-hydrogen) atoms. The first-order valence-electron chi connectivity index (χ1n) is 8.65. The highest BCUT2D eigenvalue weighted by atomic mass is 35.5. The molecule has 0 fully saturated rings. The summed E-state index contributed by atoms with van der Waals surface area (Å²) in [6.07, 6.45) is 1.07. The molecule has 0 atom stereocenters. The number of halogens is 1. The van der Waals surface area contributed by atoms with Gasteiger partial charge in [-0.2, -0.15) is 11.8 Å². The zero-order valence-electron chi connectivity index (χ0n) is 14.6. The SMILES string of the molecule is O=C(CCSCCCN1C(=O)c2ccccc2C1=O)Nc1ccccc1Cl. The summed E-state index contributed by atoms with van der Waals surface area (Å²) in [7, 11) is 0. The first-order valence-corrected chi connectivity index (χ1v) is 10.2. The van der Waals surface area contributed by atoms with Crippen LogP contribution in [0.25, 0.3) is 0 Å². The Balaban J connectivity index is 1.35. The van der Waals surface area contributed by atoms with E-state index in [1.54, 1.807) is 48.2 Å². The molecule has 0 bridgehead atoms. The van der Waals surface area contributed by atoms with Gasteiger partial charge in [0.1, 0.15) is 0 Å². The van der Waals surface area contributed by atoms with E-state index in [1.807, 2.05) is 12.1 Å². The van der Waals surface area contributed by atoms with Gasteiger partial charge in [0.15, 0.2) is 0 Å². The average Bonchev–Trinajstić information content (AvgIpc) is 2.91. The van der Waals surface area contributed by atoms with Crippen molar-refractivity contribution >= 4 is 46.8 Å². The number of rotatable bonds is 8. The number of imide groups is 1. The van der Waals surface area contributed by atoms with Gasteiger partial charge in [0.05, 0.1) is 21.8 Å². The van der Waals surface area contributed by atoms with E-state index in [9.17, 15) is 14.4 Å². The average molecular weight is 403 g/mol. The van der Waals surface area contributed by atoms with Gasteiger partial charge in [-0.15, -0.1) is 0 Å². The third kappa shape index (κ3) is 4.70. The quantitative estimate of drug-likeness (QED) is 0.533. The Morgan fingerprint density at radius 1 is 0.963 bits per heavy atom. The van der Waals surface area contributed by atoms with Crippen LogP contribution in [0.1, 0.15) is 33.6 Å². The second-order valence-electron chi connectivity index (χ2n) is 6.05. The molecule has 3 amide bonds. The van der Waals surface area contributed by atoms with Crippen LogP contribution in [-0.4, -0.2) is 40.7 Å². The lowest BCUT2D eigenvalue weighted by molar-refractivity contribution is -0.115. The van der Waals surface area contributed by atoms with E-state index in [1.165, 1.54) is 4.90 Å². The van der Waals surface area contributed by atoms with E-state index in [0.717, 1.165) is 5.75 Å². The molecule has 2 aromatic carbocycles. The highest BCUT2D eigenvalue weighted by Crippen LogP contribution is 2.23. The van der Waals surface area contributed by atoms with Crippen molar-refractivity contribution in [1.82, 2.24) is 4.90 Å². The number of fused-ring (bicyclic) bond motifs is 1. The van der Waals surface area contributed by atoms with E-state index in [2.05, 4.69) is 5.32 Å². The largest absolute Gasteiger partial charge is 0.325 e. The number of benzene rings is 2. The smallest absolute Gasteiger partial charge is 0.261 e. The lowest BCUT2D eigenvalue weighted by Gasteiger charge is -2.13. The van der Waals surface area contributed by atoms with Gasteiger partial charge in [-0.25, -0.2) is 0 Å². The number of anilines is 1. The molecule has 0 aliphatic carbocycles. The number of hydrogen-bond acceptors (Lipinski definition) is 4. The van der Waals surface area contributed by atoms with Crippen molar-refractivity contribution in [3.05, 3.63) is 64.7 Å². The molecule has 7 heteroatoms. The Labute approximate surface area is 167 Å². The molecule has 5 nitrogen and oxygen atoms in total. The summed E-state index contributed by atoms with van der Waals surface area (Å²) in [4.78, 5) is 37.7. The van der Waals surface area contributed by atoms with E-state index < -0.39 is 0 Å². The number of hydrogen-bond donors (Lipinski definition) is 1. The second kappa shape index (κ2) is 9.06. The molecular weight excluding hydrogens is 384 g/mol. The molecule has 3 rings (SSSR count). The van der Waals surface area contributed by atoms with Crippen LogP contribution in [0.3, 0.4) is 0 Å². The molecule has 1 aliphatic rings. The Bertz CT molecular complexity index is 837. The summed E-state index contributed by atoms with van der Waals surface area (Å²) < 4.78 is 0. The number of carbonyl (C=O) groups is 3. The van der Waals surface area contributed by atoms with Gasteiger partial charge in [-0.1, -0.05) is 35.9 Å². The Morgan fingerprint density at radius 3 is 2.26 bits per heavy atom. The first kappa shape index (κ1) is 19.5. The number of amides is 3. The Morgan fingerprint density at radius 2 is 1.59 bits per heavy atom. The molecule has 1 N–H and O–H groups in total. The highest BCUT2D eigenvalue weighted by Gasteiger charge is 2.34. The molecule has 0 aromatic heterocycles. The minimum atomic E-state index is -0.222. The lowest BCUT2D eigenvalue weighted by atomic mass is 10.1. The number of carbonyl (C=O) groups excluding carboxylic acids is 3. The first-order chi connectivity index (χ1) is 13.1. The highest BCUT2D eigenvalue weighted by molar-refractivity contribution is 7.99. The predicted molar refractivity (Wildman–Crippen MR) is 108 cm³/mol. The molecule has 1 aliphatic heterocycles. The zero-order chi connectivity index (χ0) is 19.2. The van der Waals surface area contributed by atoms with Crippen LogP contribution in [0, 0.1) is 0 Å². The zero-order valence-corrected chi connectivity index (χ0v) is 16.2. The van der Waals surface area contributed by atoms with E-state index in [-0.39, 0.29) is 17.7 Å². The van der Waals surface area contributed by atoms with Crippen LogP contribution in [0.15, 0.2) is 48.5 Å². The molecule has 0 saturated heterocycles. The number of nitrogens with zero attached hydrogens (tertiary/aromatic N) is 1. The summed E-state index contributed by atoms with van der Waals surface area (Å²) in [5.41, 5.74) is 1.57. The van der Waals surface area contributed by atoms with Crippen molar-refractivity contribution in [2.24, 2.45) is 0 Å². The monoisotopic (exact) mass is 402 g/mol. The Kier molecular flexibility index (Phi) is 6.53. The Hall–Kier alpha value is -2.31. The van der Waals surface area contributed by atoms with Gasteiger partial charge >= 0.3 is 0 Å². The topological polar surface area (TPSA) is 66.5 Å². The van der Waals surface area contributed by atoms with Crippen molar-refractivity contribution in [2.75, 3.05) is 23.4 Å². The maximum Gasteiger partial charge on any atom is 0.261 e. The van der Waals surface area contributed by atoms with Crippen LogP contribution in [0.2, 0.25) is 5.02 Å². The van der Waals surface area contributed by atoms with Crippen molar-refractivity contribution in [2.45, 2.75) is 12.8 Å². The summed E-state index contributed by atoms with van der Waals surface area (Å²) in [5.74, 6) is 0.904. The summed E-state index contributed by atoms with van der Waals surface area (Å²) in [6.45, 7) is 0.394. The number of nitrogens with one attached hydrogen (secondary N) is 1. The third-order valence-electron chi connectivity index (χ3n) is 4.17. The molecular formula is C20H19ClN2O3S. The molecule has 0 saturated carbocycles. The maximum absolute atomic E-state index is 12.3. The molecule has 140 valence electrons. The summed E-state index contributed by atoms with van der Waals surface area (Å²) >= 11 is 7.63. The molecule has 1 heterocycles.